The quantitative estimate of drug-likeness (QED) is 0.818. The second-order valence-electron chi connectivity index (χ2n) is 6.88. The first-order chi connectivity index (χ1) is 12.6. The number of halogens is 1. The predicted molar refractivity (Wildman–Crippen MR) is 102 cm³/mol. The summed E-state index contributed by atoms with van der Waals surface area (Å²) in [7, 11) is 0. The van der Waals surface area contributed by atoms with Crippen molar-refractivity contribution in [3.8, 4) is 0 Å². The highest BCUT2D eigenvalue weighted by atomic mass is 35.5. The molecule has 2 fully saturated rings. The molecule has 2 amide bonds. The van der Waals surface area contributed by atoms with Crippen molar-refractivity contribution in [1.82, 2.24) is 10.3 Å². The van der Waals surface area contributed by atoms with Crippen molar-refractivity contribution in [3.63, 3.8) is 0 Å². The lowest BCUT2D eigenvalue weighted by Gasteiger charge is -2.18. The first-order valence-electron chi connectivity index (χ1n) is 8.90. The summed E-state index contributed by atoms with van der Waals surface area (Å²) in [6, 6.07) is 7.70. The molecule has 1 N–H and O–H groups in total. The molecule has 4 rings (SSSR count). The Morgan fingerprint density at radius 2 is 2.12 bits per heavy atom. The van der Waals surface area contributed by atoms with E-state index in [9.17, 15) is 9.59 Å². The van der Waals surface area contributed by atoms with Crippen LogP contribution in [0, 0.1) is 5.92 Å². The van der Waals surface area contributed by atoms with E-state index in [1.54, 1.807) is 4.90 Å². The molecule has 2 aromatic rings. The molecule has 26 heavy (non-hydrogen) atoms. The number of anilines is 1. The first kappa shape index (κ1) is 17.5. The molecule has 7 heteroatoms. The molecule has 0 bridgehead atoms. The Kier molecular flexibility index (Phi) is 4.96. The lowest BCUT2D eigenvalue weighted by atomic mass is 10.0. The van der Waals surface area contributed by atoms with E-state index >= 15 is 0 Å². The van der Waals surface area contributed by atoms with Gasteiger partial charge in [0.05, 0.1) is 18.2 Å². The number of nitrogens with one attached hydrogen (secondary N) is 1. The zero-order valence-electron chi connectivity index (χ0n) is 14.3. The number of hydrogen-bond acceptors (Lipinski definition) is 4. The largest absolute Gasteiger partial charge is 0.349 e. The van der Waals surface area contributed by atoms with Gasteiger partial charge in [0.1, 0.15) is 0 Å². The van der Waals surface area contributed by atoms with Crippen LogP contribution in [0.5, 0.6) is 0 Å². The second kappa shape index (κ2) is 7.37. The molecule has 2 aliphatic rings. The van der Waals surface area contributed by atoms with Crippen LogP contribution in [0.4, 0.5) is 5.13 Å². The summed E-state index contributed by atoms with van der Waals surface area (Å²) in [5, 5.41) is 6.42. The van der Waals surface area contributed by atoms with Crippen molar-refractivity contribution in [2.24, 2.45) is 5.92 Å². The number of hydrogen-bond donors (Lipinski definition) is 1. The van der Waals surface area contributed by atoms with Crippen molar-refractivity contribution in [2.45, 2.75) is 38.1 Å². The Morgan fingerprint density at radius 1 is 1.35 bits per heavy atom. The molecule has 1 unspecified atom stereocenters. The van der Waals surface area contributed by atoms with Crippen LogP contribution >= 0.6 is 22.9 Å². The topological polar surface area (TPSA) is 62.3 Å². The second-order valence-corrected chi connectivity index (χ2v) is 8.15. The highest BCUT2D eigenvalue weighted by Gasteiger charge is 2.33. The summed E-state index contributed by atoms with van der Waals surface area (Å²) in [4.78, 5) is 30.6. The summed E-state index contributed by atoms with van der Waals surface area (Å²) < 4.78 is 0. The highest BCUT2D eigenvalue weighted by molar-refractivity contribution is 7.14. The van der Waals surface area contributed by atoms with Crippen molar-refractivity contribution in [2.75, 3.05) is 11.4 Å². The molecule has 1 atom stereocenters. The number of amides is 2. The molecular weight excluding hydrogens is 370 g/mol. The fourth-order valence-corrected chi connectivity index (χ4v) is 4.31. The summed E-state index contributed by atoms with van der Waals surface area (Å²) in [5.74, 6) is 0.571. The SMILES string of the molecule is O=C(Cc1csc(N2CCCC2=O)n1)NC(c1ccc(Cl)cc1)C1CC1. The van der Waals surface area contributed by atoms with Gasteiger partial charge in [-0.1, -0.05) is 23.7 Å². The number of aromatic nitrogens is 1. The van der Waals surface area contributed by atoms with Gasteiger partial charge in [-0.25, -0.2) is 4.98 Å². The lowest BCUT2D eigenvalue weighted by molar-refractivity contribution is -0.121. The molecule has 1 aliphatic heterocycles. The third-order valence-corrected chi connectivity index (χ3v) is 5.99. The molecule has 2 heterocycles. The molecule has 136 valence electrons. The van der Waals surface area contributed by atoms with Crippen molar-refractivity contribution in [3.05, 3.63) is 45.9 Å². The zero-order chi connectivity index (χ0) is 18.1. The fraction of sp³-hybridized carbons (Fsp3) is 0.421. The van der Waals surface area contributed by atoms with Gasteiger partial charge in [0.2, 0.25) is 11.8 Å². The number of carbonyl (C=O) groups is 2. The van der Waals surface area contributed by atoms with Gasteiger partial charge >= 0.3 is 0 Å². The third kappa shape index (κ3) is 3.91. The number of carbonyl (C=O) groups excluding carboxylic acids is 2. The van der Waals surface area contributed by atoms with E-state index in [-0.39, 0.29) is 24.3 Å². The van der Waals surface area contributed by atoms with Crippen LogP contribution in [0.25, 0.3) is 0 Å². The maximum Gasteiger partial charge on any atom is 0.228 e. The lowest BCUT2D eigenvalue weighted by Crippen LogP contribution is -2.31. The van der Waals surface area contributed by atoms with E-state index < -0.39 is 0 Å². The minimum atomic E-state index is -0.0403. The average molecular weight is 390 g/mol. The normalized spacial score (nSPS) is 18.2. The standard InChI is InChI=1S/C19H20ClN3O2S/c20-14-7-5-13(6-8-14)18(12-3-4-12)22-16(24)10-15-11-26-19(21-15)23-9-1-2-17(23)25/h5-8,11-12,18H,1-4,9-10H2,(H,22,24). The molecule has 1 aromatic heterocycles. The van der Waals surface area contributed by atoms with Crippen LogP contribution in [-0.2, 0) is 16.0 Å². The Bertz CT molecular complexity index is 816. The van der Waals surface area contributed by atoms with Crippen LogP contribution in [-0.4, -0.2) is 23.3 Å². The molecule has 5 nitrogen and oxygen atoms in total. The Hall–Kier alpha value is -1.92. The predicted octanol–water partition coefficient (Wildman–Crippen LogP) is 3.73. The molecule has 1 saturated heterocycles. The number of benzene rings is 1. The van der Waals surface area contributed by atoms with Crippen molar-refractivity contribution >= 4 is 39.9 Å². The monoisotopic (exact) mass is 389 g/mol. The summed E-state index contributed by atoms with van der Waals surface area (Å²) in [6.07, 6.45) is 3.95. The van der Waals surface area contributed by atoms with E-state index in [0.717, 1.165) is 31.4 Å². The van der Waals surface area contributed by atoms with Gasteiger partial charge in [0.25, 0.3) is 0 Å². The van der Waals surface area contributed by atoms with Crippen molar-refractivity contribution in [1.29, 1.82) is 0 Å². The molecule has 0 spiro atoms. The number of nitrogens with zero attached hydrogens (tertiary/aromatic N) is 2. The maximum atomic E-state index is 12.5. The molecular formula is C19H20ClN3O2S. The Morgan fingerprint density at radius 3 is 2.77 bits per heavy atom. The van der Waals surface area contributed by atoms with E-state index in [4.69, 9.17) is 11.6 Å². The molecule has 0 radical (unpaired) electrons. The Balaban J connectivity index is 1.40. The minimum absolute atomic E-state index is 0.0260. The smallest absolute Gasteiger partial charge is 0.228 e. The van der Waals surface area contributed by atoms with Crippen molar-refractivity contribution < 1.29 is 9.59 Å². The average Bonchev–Trinajstić information content (AvgIpc) is 3.22. The van der Waals surface area contributed by atoms with Gasteiger partial charge < -0.3 is 5.32 Å². The van der Waals surface area contributed by atoms with Gasteiger partial charge in [-0.2, -0.15) is 0 Å². The molecule has 1 aliphatic carbocycles. The van der Waals surface area contributed by atoms with Crippen LogP contribution in [0.15, 0.2) is 29.6 Å². The summed E-state index contributed by atoms with van der Waals surface area (Å²) >= 11 is 7.40. The van der Waals surface area contributed by atoms with E-state index in [2.05, 4.69) is 10.3 Å². The van der Waals surface area contributed by atoms with E-state index in [0.29, 0.717) is 28.2 Å². The summed E-state index contributed by atoms with van der Waals surface area (Å²) in [6.45, 7) is 0.721. The number of thiazole rings is 1. The van der Waals surface area contributed by atoms with Gasteiger partial charge in [0.15, 0.2) is 5.13 Å². The molecule has 1 saturated carbocycles. The third-order valence-electron chi connectivity index (χ3n) is 4.82. The van der Waals surface area contributed by atoms with Crippen LogP contribution in [0.1, 0.15) is 43.0 Å². The Labute approximate surface area is 161 Å². The van der Waals surface area contributed by atoms with Gasteiger partial charge in [0, 0.05) is 23.4 Å². The van der Waals surface area contributed by atoms with E-state index in [1.807, 2.05) is 29.6 Å². The van der Waals surface area contributed by atoms with Crippen LogP contribution in [0.2, 0.25) is 5.02 Å². The maximum absolute atomic E-state index is 12.5. The highest BCUT2D eigenvalue weighted by Crippen LogP contribution is 2.41. The zero-order valence-corrected chi connectivity index (χ0v) is 15.9. The van der Waals surface area contributed by atoms with Gasteiger partial charge in [-0.3, -0.25) is 14.5 Å². The van der Waals surface area contributed by atoms with Crippen LogP contribution < -0.4 is 10.2 Å². The van der Waals surface area contributed by atoms with E-state index in [1.165, 1.54) is 11.3 Å². The van der Waals surface area contributed by atoms with Gasteiger partial charge in [-0.15, -0.1) is 11.3 Å². The minimum Gasteiger partial charge on any atom is -0.349 e. The number of rotatable bonds is 6. The first-order valence-corrected chi connectivity index (χ1v) is 10.2. The fourth-order valence-electron chi connectivity index (χ4n) is 3.31. The van der Waals surface area contributed by atoms with Crippen LogP contribution in [0.3, 0.4) is 0 Å². The molecule has 1 aromatic carbocycles. The summed E-state index contributed by atoms with van der Waals surface area (Å²) in [5.41, 5.74) is 1.81. The van der Waals surface area contributed by atoms with Gasteiger partial charge in [-0.05, 0) is 42.9 Å².